The number of ether oxygens (including phenoxy) is 3. The van der Waals surface area contributed by atoms with Gasteiger partial charge < -0.3 is 25.1 Å². The third-order valence-corrected chi connectivity index (χ3v) is 4.95. The molecule has 9 heteroatoms. The van der Waals surface area contributed by atoms with Gasteiger partial charge in [0.15, 0.2) is 11.5 Å². The second kappa shape index (κ2) is 10.9. The van der Waals surface area contributed by atoms with Crippen LogP contribution in [0.5, 0.6) is 11.5 Å². The predicted octanol–water partition coefficient (Wildman–Crippen LogP) is 2.79. The summed E-state index contributed by atoms with van der Waals surface area (Å²) in [5.74, 6) is -3.69. The van der Waals surface area contributed by atoms with Gasteiger partial charge in [0.1, 0.15) is 6.04 Å². The first-order valence-electron chi connectivity index (χ1n) is 9.98. The van der Waals surface area contributed by atoms with Gasteiger partial charge in [-0.15, -0.1) is 0 Å². The van der Waals surface area contributed by atoms with E-state index in [0.29, 0.717) is 12.0 Å². The van der Waals surface area contributed by atoms with Crippen LogP contribution in [0.25, 0.3) is 0 Å². The van der Waals surface area contributed by atoms with Crippen molar-refractivity contribution in [2.24, 2.45) is 11.1 Å². The zero-order chi connectivity index (χ0) is 23.9. The van der Waals surface area contributed by atoms with E-state index in [1.54, 1.807) is 20.8 Å². The van der Waals surface area contributed by atoms with E-state index < -0.39 is 47.4 Å². The van der Waals surface area contributed by atoms with Crippen LogP contribution in [0.1, 0.15) is 65.9 Å². The van der Waals surface area contributed by atoms with Crippen LogP contribution < -0.4 is 15.2 Å². The van der Waals surface area contributed by atoms with Gasteiger partial charge in [-0.3, -0.25) is 19.2 Å². The Balaban J connectivity index is 3.26. The van der Waals surface area contributed by atoms with Gasteiger partial charge in [0.2, 0.25) is 0 Å². The monoisotopic (exact) mass is 437 g/mol. The fraction of sp³-hybridized carbons (Fsp3) is 0.545. The Labute approximate surface area is 181 Å². The molecule has 0 amide bonds. The molecule has 1 rings (SSSR count). The molecule has 0 heterocycles. The highest BCUT2D eigenvalue weighted by molar-refractivity contribution is 5.77. The van der Waals surface area contributed by atoms with E-state index in [4.69, 9.17) is 19.9 Å². The van der Waals surface area contributed by atoms with Crippen molar-refractivity contribution >= 4 is 23.9 Å². The Bertz CT molecular complexity index is 833. The first-order chi connectivity index (χ1) is 14.3. The summed E-state index contributed by atoms with van der Waals surface area (Å²) in [5.41, 5.74) is 5.68. The van der Waals surface area contributed by atoms with E-state index in [1.165, 1.54) is 32.0 Å². The summed E-state index contributed by atoms with van der Waals surface area (Å²) in [6.07, 6.45) is 0.0739. The molecule has 3 atom stereocenters. The molecule has 0 saturated carbocycles. The highest BCUT2D eigenvalue weighted by Crippen LogP contribution is 2.35. The molecule has 0 fully saturated rings. The number of esters is 3. The molecule has 2 unspecified atom stereocenters. The lowest BCUT2D eigenvalue weighted by molar-refractivity contribution is -0.159. The third kappa shape index (κ3) is 7.67. The fourth-order valence-corrected chi connectivity index (χ4v) is 2.78. The summed E-state index contributed by atoms with van der Waals surface area (Å²) in [7, 11) is 0. The molecule has 0 aliphatic heterocycles. The van der Waals surface area contributed by atoms with Crippen molar-refractivity contribution in [2.45, 2.75) is 72.4 Å². The van der Waals surface area contributed by atoms with Crippen molar-refractivity contribution in [2.75, 3.05) is 0 Å². The minimum absolute atomic E-state index is 0.0123. The van der Waals surface area contributed by atoms with Gasteiger partial charge in [0.25, 0.3) is 0 Å². The Hall–Kier alpha value is -2.94. The summed E-state index contributed by atoms with van der Waals surface area (Å²) in [5, 5.41) is 9.48. The van der Waals surface area contributed by atoms with E-state index in [2.05, 4.69) is 0 Å². The SMILES string of the molecule is CCC(C)(C)C(=O)OC(C)CC(c1ccc(OC(C)=O)c(OC(C)=O)c1)[C@H](N)C(=O)O. The molecule has 0 radical (unpaired) electrons. The molecule has 9 nitrogen and oxygen atoms in total. The van der Waals surface area contributed by atoms with Crippen LogP contribution in [0.15, 0.2) is 18.2 Å². The number of nitrogens with two attached hydrogens (primary N) is 1. The van der Waals surface area contributed by atoms with Crippen LogP contribution in [0, 0.1) is 5.41 Å². The number of aliphatic carboxylic acids is 1. The highest BCUT2D eigenvalue weighted by atomic mass is 16.6. The number of rotatable bonds is 10. The molecule has 0 saturated heterocycles. The molecular formula is C22H31NO8. The first-order valence-corrected chi connectivity index (χ1v) is 9.98. The van der Waals surface area contributed by atoms with Crippen LogP contribution in [0.3, 0.4) is 0 Å². The fourth-order valence-electron chi connectivity index (χ4n) is 2.78. The van der Waals surface area contributed by atoms with E-state index in [0.717, 1.165) is 0 Å². The maximum absolute atomic E-state index is 12.4. The average Bonchev–Trinajstić information content (AvgIpc) is 2.66. The van der Waals surface area contributed by atoms with Gasteiger partial charge in [-0.2, -0.15) is 0 Å². The third-order valence-electron chi connectivity index (χ3n) is 4.95. The van der Waals surface area contributed by atoms with Crippen molar-refractivity contribution in [3.8, 4) is 11.5 Å². The number of hydrogen-bond donors (Lipinski definition) is 2. The lowest BCUT2D eigenvalue weighted by atomic mass is 9.86. The van der Waals surface area contributed by atoms with Crippen molar-refractivity contribution in [1.29, 1.82) is 0 Å². The second-order valence-corrected chi connectivity index (χ2v) is 8.05. The van der Waals surface area contributed by atoms with E-state index in [1.807, 2.05) is 6.92 Å². The molecule has 31 heavy (non-hydrogen) atoms. The zero-order valence-electron chi connectivity index (χ0n) is 18.8. The average molecular weight is 437 g/mol. The minimum atomic E-state index is -1.31. The molecule has 0 spiro atoms. The van der Waals surface area contributed by atoms with Crippen molar-refractivity contribution in [3.63, 3.8) is 0 Å². The first kappa shape index (κ1) is 26.1. The maximum atomic E-state index is 12.4. The molecule has 1 aromatic carbocycles. The van der Waals surface area contributed by atoms with Crippen LogP contribution >= 0.6 is 0 Å². The quantitative estimate of drug-likeness (QED) is 0.417. The minimum Gasteiger partial charge on any atom is -0.480 e. The summed E-state index contributed by atoms with van der Waals surface area (Å²) in [6.45, 7) is 9.44. The zero-order valence-corrected chi connectivity index (χ0v) is 18.8. The van der Waals surface area contributed by atoms with Gasteiger partial charge in [-0.25, -0.2) is 0 Å². The number of benzene rings is 1. The van der Waals surface area contributed by atoms with Crippen LogP contribution in [-0.4, -0.2) is 41.1 Å². The standard InChI is InChI=1S/C22H31NO8/c1-7-22(5,6)21(28)29-12(2)10-16(19(23)20(26)27)15-8-9-17(30-13(3)24)18(11-15)31-14(4)25/h8-9,11-12,16,19H,7,10,23H2,1-6H3,(H,26,27)/t12?,16?,19-/m0/s1. The highest BCUT2D eigenvalue weighted by Gasteiger charge is 2.32. The molecule has 0 aliphatic rings. The topological polar surface area (TPSA) is 142 Å². The van der Waals surface area contributed by atoms with Gasteiger partial charge in [-0.1, -0.05) is 13.0 Å². The molecule has 1 aromatic rings. The largest absolute Gasteiger partial charge is 0.480 e. The number of hydrogen-bond acceptors (Lipinski definition) is 8. The smallest absolute Gasteiger partial charge is 0.321 e. The molecule has 0 aliphatic carbocycles. The van der Waals surface area contributed by atoms with Crippen molar-refractivity contribution in [1.82, 2.24) is 0 Å². The number of carbonyl (C=O) groups is 4. The van der Waals surface area contributed by atoms with Crippen LogP contribution in [-0.2, 0) is 23.9 Å². The van der Waals surface area contributed by atoms with Gasteiger partial charge in [0.05, 0.1) is 11.5 Å². The van der Waals surface area contributed by atoms with Crippen LogP contribution in [0.2, 0.25) is 0 Å². The maximum Gasteiger partial charge on any atom is 0.321 e. The number of carbonyl (C=O) groups excluding carboxylic acids is 3. The van der Waals surface area contributed by atoms with Crippen molar-refractivity contribution < 1.29 is 38.5 Å². The second-order valence-electron chi connectivity index (χ2n) is 8.05. The van der Waals surface area contributed by atoms with E-state index in [9.17, 15) is 24.3 Å². The number of carboxylic acid groups (broad SMARTS) is 1. The Morgan fingerprint density at radius 2 is 1.61 bits per heavy atom. The number of carboxylic acids is 1. The summed E-state index contributed by atoms with van der Waals surface area (Å²) in [6, 6.07) is 3.01. The van der Waals surface area contributed by atoms with E-state index >= 15 is 0 Å². The molecule has 0 aromatic heterocycles. The normalized spacial score (nSPS) is 14.2. The summed E-state index contributed by atoms with van der Waals surface area (Å²) in [4.78, 5) is 46.8. The molecule has 0 bridgehead atoms. The summed E-state index contributed by atoms with van der Waals surface area (Å²) < 4.78 is 15.7. The lowest BCUT2D eigenvalue weighted by Gasteiger charge is -2.28. The Morgan fingerprint density at radius 1 is 1.06 bits per heavy atom. The Kier molecular flexibility index (Phi) is 9.18. The molecular weight excluding hydrogens is 406 g/mol. The van der Waals surface area contributed by atoms with Gasteiger partial charge in [-0.05, 0) is 51.3 Å². The predicted molar refractivity (Wildman–Crippen MR) is 112 cm³/mol. The van der Waals surface area contributed by atoms with Crippen LogP contribution in [0.4, 0.5) is 0 Å². The van der Waals surface area contributed by atoms with Crippen molar-refractivity contribution in [3.05, 3.63) is 23.8 Å². The van der Waals surface area contributed by atoms with Gasteiger partial charge >= 0.3 is 23.9 Å². The van der Waals surface area contributed by atoms with Gasteiger partial charge in [0, 0.05) is 19.8 Å². The summed E-state index contributed by atoms with van der Waals surface area (Å²) >= 11 is 0. The Morgan fingerprint density at radius 3 is 2.10 bits per heavy atom. The lowest BCUT2D eigenvalue weighted by Crippen LogP contribution is -2.39. The molecule has 172 valence electrons. The van der Waals surface area contributed by atoms with E-state index in [-0.39, 0.29) is 17.9 Å². The molecule has 3 N–H and O–H groups in total.